The van der Waals surface area contributed by atoms with E-state index in [1.54, 1.807) is 4.90 Å². The summed E-state index contributed by atoms with van der Waals surface area (Å²) in [6, 6.07) is 7.91. The van der Waals surface area contributed by atoms with Crippen molar-refractivity contribution < 1.29 is 14.7 Å². The van der Waals surface area contributed by atoms with Crippen LogP contribution in [0.2, 0.25) is 0 Å². The number of rotatable bonds is 5. The lowest BCUT2D eigenvalue weighted by atomic mass is 9.93. The summed E-state index contributed by atoms with van der Waals surface area (Å²) >= 11 is 1.48. The zero-order valence-electron chi connectivity index (χ0n) is 12.5. The second kappa shape index (κ2) is 6.52. The Morgan fingerprint density at radius 1 is 1.38 bits per heavy atom. The maximum absolute atomic E-state index is 12.5. The maximum atomic E-state index is 12.5. The number of aryl methyl sites for hydroxylation is 1. The van der Waals surface area contributed by atoms with Crippen molar-refractivity contribution >= 4 is 23.6 Å². The molecule has 0 aromatic heterocycles. The van der Waals surface area contributed by atoms with Crippen LogP contribution in [0, 0.1) is 6.92 Å². The topological polar surface area (TPSA) is 57.6 Å². The Morgan fingerprint density at radius 3 is 2.71 bits per heavy atom. The smallest absolute Gasteiger partial charge is 0.329 e. The van der Waals surface area contributed by atoms with E-state index in [0.29, 0.717) is 25.1 Å². The fourth-order valence-electron chi connectivity index (χ4n) is 2.92. The first-order chi connectivity index (χ1) is 10.0. The van der Waals surface area contributed by atoms with E-state index in [9.17, 15) is 14.7 Å². The van der Waals surface area contributed by atoms with E-state index in [0.717, 1.165) is 16.9 Å². The number of carboxylic acids is 1. The second-order valence-electron chi connectivity index (χ2n) is 5.39. The van der Waals surface area contributed by atoms with Crippen LogP contribution in [0.25, 0.3) is 0 Å². The molecular weight excluding hydrogens is 286 g/mol. The van der Waals surface area contributed by atoms with Crippen molar-refractivity contribution in [1.29, 1.82) is 0 Å². The Hall–Kier alpha value is -1.49. The molecule has 1 saturated heterocycles. The van der Waals surface area contributed by atoms with Gasteiger partial charge < -0.3 is 10.0 Å². The Bertz CT molecular complexity index is 546. The molecule has 2 rings (SSSR count). The Morgan fingerprint density at radius 2 is 2.10 bits per heavy atom. The molecule has 114 valence electrons. The van der Waals surface area contributed by atoms with Gasteiger partial charge in [0.2, 0.25) is 5.91 Å². The summed E-state index contributed by atoms with van der Waals surface area (Å²) in [6.07, 6.45) is 1.78. The molecule has 1 aromatic carbocycles. The predicted molar refractivity (Wildman–Crippen MR) is 83.5 cm³/mol. The molecule has 21 heavy (non-hydrogen) atoms. The Labute approximate surface area is 129 Å². The van der Waals surface area contributed by atoms with Crippen molar-refractivity contribution in [1.82, 2.24) is 4.90 Å². The van der Waals surface area contributed by atoms with Crippen LogP contribution in [0.1, 0.15) is 31.7 Å². The third kappa shape index (κ3) is 3.07. The van der Waals surface area contributed by atoms with Crippen LogP contribution in [0.15, 0.2) is 29.2 Å². The minimum atomic E-state index is -0.997. The lowest BCUT2D eigenvalue weighted by molar-refractivity contribution is -0.155. The molecule has 1 N–H and O–H groups in total. The van der Waals surface area contributed by atoms with Gasteiger partial charge in [0, 0.05) is 11.4 Å². The first kappa shape index (κ1) is 15.9. The van der Waals surface area contributed by atoms with E-state index in [2.05, 4.69) is 0 Å². The standard InChI is InChI=1S/C16H21NO3S/c1-3-16(15(19)20)9-6-10-17(16)14(18)11-21-13-8-5-4-7-12(13)2/h4-5,7-8H,3,6,9-11H2,1-2H3,(H,19,20). The summed E-state index contributed by atoms with van der Waals surface area (Å²) in [4.78, 5) is 26.7. The van der Waals surface area contributed by atoms with E-state index < -0.39 is 11.5 Å². The summed E-state index contributed by atoms with van der Waals surface area (Å²) < 4.78 is 0. The fourth-order valence-corrected chi connectivity index (χ4v) is 3.82. The first-order valence-electron chi connectivity index (χ1n) is 7.23. The van der Waals surface area contributed by atoms with Crippen molar-refractivity contribution in [3.05, 3.63) is 29.8 Å². The van der Waals surface area contributed by atoms with Gasteiger partial charge in [-0.2, -0.15) is 0 Å². The average molecular weight is 307 g/mol. The molecule has 1 unspecified atom stereocenters. The largest absolute Gasteiger partial charge is 0.479 e. The van der Waals surface area contributed by atoms with Gasteiger partial charge >= 0.3 is 5.97 Å². The quantitative estimate of drug-likeness (QED) is 0.850. The summed E-state index contributed by atoms with van der Waals surface area (Å²) in [5.41, 5.74) is 0.139. The summed E-state index contributed by atoms with van der Waals surface area (Å²) in [5.74, 6) is -0.665. The minimum absolute atomic E-state index is 0.0787. The van der Waals surface area contributed by atoms with Crippen LogP contribution in [0.4, 0.5) is 0 Å². The van der Waals surface area contributed by atoms with Crippen LogP contribution >= 0.6 is 11.8 Å². The van der Waals surface area contributed by atoms with E-state index in [1.807, 2.05) is 38.1 Å². The Balaban J connectivity index is 2.06. The van der Waals surface area contributed by atoms with Gasteiger partial charge in [0.05, 0.1) is 5.75 Å². The third-order valence-corrected chi connectivity index (χ3v) is 5.38. The molecule has 0 aliphatic carbocycles. The Kier molecular flexibility index (Phi) is 4.93. The van der Waals surface area contributed by atoms with Crippen LogP contribution in [0.3, 0.4) is 0 Å². The number of benzene rings is 1. The number of hydrogen-bond acceptors (Lipinski definition) is 3. The first-order valence-corrected chi connectivity index (χ1v) is 8.22. The van der Waals surface area contributed by atoms with Gasteiger partial charge in [-0.3, -0.25) is 4.79 Å². The average Bonchev–Trinajstić information content (AvgIpc) is 2.91. The van der Waals surface area contributed by atoms with Gasteiger partial charge in [-0.1, -0.05) is 25.1 Å². The molecule has 1 aliphatic rings. The molecule has 1 aliphatic heterocycles. The number of thioether (sulfide) groups is 1. The number of amides is 1. The summed E-state index contributed by atoms with van der Waals surface area (Å²) in [7, 11) is 0. The number of hydrogen-bond donors (Lipinski definition) is 1. The number of carbonyl (C=O) groups excluding carboxylic acids is 1. The monoisotopic (exact) mass is 307 g/mol. The molecule has 1 amide bonds. The van der Waals surface area contributed by atoms with Crippen molar-refractivity contribution in [2.24, 2.45) is 0 Å². The zero-order valence-corrected chi connectivity index (χ0v) is 13.3. The third-order valence-electron chi connectivity index (χ3n) is 4.22. The number of nitrogens with zero attached hydrogens (tertiary/aromatic N) is 1. The fraction of sp³-hybridized carbons (Fsp3) is 0.500. The molecule has 1 heterocycles. The van der Waals surface area contributed by atoms with E-state index in [-0.39, 0.29) is 5.91 Å². The van der Waals surface area contributed by atoms with Crippen LogP contribution in [-0.2, 0) is 9.59 Å². The highest BCUT2D eigenvalue weighted by molar-refractivity contribution is 8.00. The molecule has 0 spiro atoms. The zero-order chi connectivity index (χ0) is 15.5. The lowest BCUT2D eigenvalue weighted by Gasteiger charge is -2.33. The number of carboxylic acid groups (broad SMARTS) is 1. The molecule has 1 aromatic rings. The van der Waals surface area contributed by atoms with Crippen LogP contribution < -0.4 is 0 Å². The molecule has 1 atom stereocenters. The van der Waals surface area contributed by atoms with Crippen molar-refractivity contribution in [2.45, 2.75) is 43.5 Å². The molecule has 1 fully saturated rings. The van der Waals surface area contributed by atoms with Gasteiger partial charge in [0.15, 0.2) is 0 Å². The van der Waals surface area contributed by atoms with Crippen molar-refractivity contribution in [2.75, 3.05) is 12.3 Å². The van der Waals surface area contributed by atoms with Gasteiger partial charge in [-0.25, -0.2) is 4.79 Å². The number of aliphatic carboxylic acids is 1. The second-order valence-corrected chi connectivity index (χ2v) is 6.41. The molecule has 0 bridgehead atoms. The predicted octanol–water partition coefficient (Wildman–Crippen LogP) is 2.94. The molecule has 5 heteroatoms. The molecule has 0 saturated carbocycles. The van der Waals surface area contributed by atoms with Crippen molar-refractivity contribution in [3.63, 3.8) is 0 Å². The van der Waals surface area contributed by atoms with Gasteiger partial charge in [0.1, 0.15) is 5.54 Å². The summed E-state index contributed by atoms with van der Waals surface area (Å²) in [5, 5.41) is 9.51. The van der Waals surface area contributed by atoms with E-state index in [4.69, 9.17) is 0 Å². The van der Waals surface area contributed by atoms with Crippen molar-refractivity contribution in [3.8, 4) is 0 Å². The normalized spacial score (nSPS) is 21.5. The highest BCUT2D eigenvalue weighted by atomic mass is 32.2. The SMILES string of the molecule is CCC1(C(=O)O)CCCN1C(=O)CSc1ccccc1C. The van der Waals surface area contributed by atoms with Crippen LogP contribution in [-0.4, -0.2) is 39.7 Å². The summed E-state index contributed by atoms with van der Waals surface area (Å²) in [6.45, 7) is 4.40. The number of likely N-dealkylation sites (tertiary alicyclic amines) is 1. The molecular formula is C16H21NO3S. The minimum Gasteiger partial charge on any atom is -0.479 e. The highest BCUT2D eigenvalue weighted by Crippen LogP contribution is 2.34. The molecule has 4 nitrogen and oxygen atoms in total. The van der Waals surface area contributed by atoms with Gasteiger partial charge in [0.25, 0.3) is 0 Å². The number of carbonyl (C=O) groups is 2. The van der Waals surface area contributed by atoms with Gasteiger partial charge in [-0.05, 0) is 37.8 Å². The van der Waals surface area contributed by atoms with E-state index in [1.165, 1.54) is 11.8 Å². The lowest BCUT2D eigenvalue weighted by Crippen LogP contribution is -2.53. The highest BCUT2D eigenvalue weighted by Gasteiger charge is 2.48. The van der Waals surface area contributed by atoms with E-state index >= 15 is 0 Å². The van der Waals surface area contributed by atoms with Crippen LogP contribution in [0.5, 0.6) is 0 Å². The molecule has 0 radical (unpaired) electrons. The van der Waals surface area contributed by atoms with Gasteiger partial charge in [-0.15, -0.1) is 11.8 Å². The maximum Gasteiger partial charge on any atom is 0.329 e.